The Morgan fingerprint density at radius 1 is 1.43 bits per heavy atom. The van der Waals surface area contributed by atoms with Crippen LogP contribution >= 0.6 is 0 Å². The van der Waals surface area contributed by atoms with Crippen LogP contribution in [0.15, 0.2) is 29.4 Å². The molecule has 6 heteroatoms. The first kappa shape index (κ1) is 13.7. The molecular formula is C15H19N3O3. The van der Waals surface area contributed by atoms with E-state index in [9.17, 15) is 4.79 Å². The van der Waals surface area contributed by atoms with Crippen molar-refractivity contribution in [1.82, 2.24) is 4.90 Å². The molecule has 1 aromatic rings. The van der Waals surface area contributed by atoms with Gasteiger partial charge in [-0.2, -0.15) is 0 Å². The molecule has 1 atom stereocenters. The Kier molecular flexibility index (Phi) is 3.68. The van der Waals surface area contributed by atoms with Gasteiger partial charge in [0.25, 0.3) is 5.91 Å². The molecule has 112 valence electrons. The van der Waals surface area contributed by atoms with Crippen molar-refractivity contribution in [3.63, 3.8) is 0 Å². The highest BCUT2D eigenvalue weighted by molar-refractivity contribution is 5.84. The normalized spacial score (nSPS) is 20.8. The fourth-order valence-electron chi connectivity index (χ4n) is 2.65. The number of carbonyl (C=O) groups excluding carboxylic acids is 1. The Hall–Kier alpha value is -2.24. The van der Waals surface area contributed by atoms with Gasteiger partial charge in [-0.25, -0.2) is 0 Å². The molecule has 6 nitrogen and oxygen atoms in total. The van der Waals surface area contributed by atoms with Crippen molar-refractivity contribution in [3.8, 4) is 5.75 Å². The molecule has 0 radical (unpaired) electrons. The second-order valence-corrected chi connectivity index (χ2v) is 5.52. The molecule has 1 aliphatic carbocycles. The fourth-order valence-corrected chi connectivity index (χ4v) is 2.65. The molecule has 1 aromatic carbocycles. The van der Waals surface area contributed by atoms with E-state index in [1.54, 1.807) is 0 Å². The second kappa shape index (κ2) is 5.63. The van der Waals surface area contributed by atoms with Gasteiger partial charge in [0.1, 0.15) is 11.6 Å². The van der Waals surface area contributed by atoms with Gasteiger partial charge in [0.15, 0.2) is 6.10 Å². The van der Waals surface area contributed by atoms with Gasteiger partial charge in [-0.1, -0.05) is 23.4 Å². The minimum absolute atomic E-state index is 0.000519. The van der Waals surface area contributed by atoms with Crippen LogP contribution in [0, 0.1) is 0 Å². The molecule has 3 N–H and O–H groups in total. The molecule has 1 amide bonds. The highest BCUT2D eigenvalue weighted by Gasteiger charge is 2.38. The van der Waals surface area contributed by atoms with Crippen LogP contribution in [0.2, 0.25) is 0 Å². The lowest BCUT2D eigenvalue weighted by Gasteiger charge is -2.25. The van der Waals surface area contributed by atoms with E-state index in [2.05, 4.69) is 5.16 Å². The summed E-state index contributed by atoms with van der Waals surface area (Å²) in [6.45, 7) is 0.468. The van der Waals surface area contributed by atoms with Crippen LogP contribution in [0.25, 0.3) is 0 Å². The Bertz CT molecular complexity index is 544. The van der Waals surface area contributed by atoms with Crippen LogP contribution in [0.5, 0.6) is 5.75 Å². The van der Waals surface area contributed by atoms with Crippen molar-refractivity contribution < 1.29 is 14.7 Å². The summed E-state index contributed by atoms with van der Waals surface area (Å²) < 4.78 is 5.76. The topological polar surface area (TPSA) is 88.2 Å². The number of nitrogens with two attached hydrogens (primary N) is 1. The standard InChI is InChI=1S/C15H19N3O3/c16-14(17-20)7-8-18(11-5-6-11)15(19)13-9-10-3-1-2-4-12(10)21-13/h1-4,11,13,20H,5-9H2,(H2,16,17). The molecule has 0 bridgehead atoms. The number of amides is 1. The number of nitrogens with zero attached hydrogens (tertiary/aromatic N) is 2. The summed E-state index contributed by atoms with van der Waals surface area (Å²) in [5.41, 5.74) is 6.57. The van der Waals surface area contributed by atoms with E-state index >= 15 is 0 Å². The van der Waals surface area contributed by atoms with E-state index in [0.29, 0.717) is 19.4 Å². The van der Waals surface area contributed by atoms with Crippen molar-refractivity contribution >= 4 is 11.7 Å². The maximum atomic E-state index is 12.7. The molecule has 21 heavy (non-hydrogen) atoms. The predicted molar refractivity (Wildman–Crippen MR) is 77.3 cm³/mol. The Morgan fingerprint density at radius 3 is 2.86 bits per heavy atom. The van der Waals surface area contributed by atoms with Crippen molar-refractivity contribution in [2.24, 2.45) is 10.9 Å². The van der Waals surface area contributed by atoms with Gasteiger partial charge in [0.05, 0.1) is 0 Å². The summed E-state index contributed by atoms with van der Waals surface area (Å²) in [5.74, 6) is 0.937. The average Bonchev–Trinajstić information content (AvgIpc) is 3.24. The van der Waals surface area contributed by atoms with Crippen molar-refractivity contribution in [2.45, 2.75) is 37.8 Å². The smallest absolute Gasteiger partial charge is 0.264 e. The lowest BCUT2D eigenvalue weighted by Crippen LogP contribution is -2.44. The van der Waals surface area contributed by atoms with Crippen LogP contribution in [-0.4, -0.2) is 40.5 Å². The van der Waals surface area contributed by atoms with E-state index in [4.69, 9.17) is 15.7 Å². The maximum Gasteiger partial charge on any atom is 0.264 e. The Morgan fingerprint density at radius 2 is 2.19 bits per heavy atom. The van der Waals surface area contributed by atoms with E-state index < -0.39 is 6.10 Å². The fraction of sp³-hybridized carbons (Fsp3) is 0.467. The van der Waals surface area contributed by atoms with Gasteiger partial charge in [-0.3, -0.25) is 4.79 Å². The van der Waals surface area contributed by atoms with E-state index in [-0.39, 0.29) is 17.8 Å². The third kappa shape index (κ3) is 2.94. The van der Waals surface area contributed by atoms with Crippen molar-refractivity contribution in [3.05, 3.63) is 29.8 Å². The molecule has 1 saturated carbocycles. The monoisotopic (exact) mass is 289 g/mol. The molecule has 0 aromatic heterocycles. The van der Waals surface area contributed by atoms with Gasteiger partial charge >= 0.3 is 0 Å². The molecule has 0 spiro atoms. The molecule has 1 fully saturated rings. The summed E-state index contributed by atoms with van der Waals surface area (Å²) >= 11 is 0. The van der Waals surface area contributed by atoms with Crippen molar-refractivity contribution in [2.75, 3.05) is 6.54 Å². The minimum Gasteiger partial charge on any atom is -0.480 e. The predicted octanol–water partition coefficient (Wildman–Crippen LogP) is 1.12. The lowest BCUT2D eigenvalue weighted by molar-refractivity contribution is -0.138. The maximum absolute atomic E-state index is 12.7. The number of hydrogen-bond donors (Lipinski definition) is 2. The number of ether oxygens (including phenoxy) is 1. The molecule has 0 saturated heterocycles. The molecule has 1 heterocycles. The minimum atomic E-state index is -0.449. The summed E-state index contributed by atoms with van der Waals surface area (Å²) in [7, 11) is 0. The first-order valence-electron chi connectivity index (χ1n) is 7.20. The molecular weight excluding hydrogens is 270 g/mol. The van der Waals surface area contributed by atoms with E-state index in [1.807, 2.05) is 29.2 Å². The van der Waals surface area contributed by atoms with E-state index in [0.717, 1.165) is 24.2 Å². The zero-order valence-corrected chi connectivity index (χ0v) is 11.7. The van der Waals surface area contributed by atoms with Gasteiger partial charge < -0.3 is 20.6 Å². The zero-order valence-electron chi connectivity index (χ0n) is 11.7. The first-order chi connectivity index (χ1) is 10.2. The Balaban J connectivity index is 1.65. The number of hydrogen-bond acceptors (Lipinski definition) is 4. The second-order valence-electron chi connectivity index (χ2n) is 5.52. The third-order valence-electron chi connectivity index (χ3n) is 3.93. The molecule has 2 aliphatic rings. The average molecular weight is 289 g/mol. The highest BCUT2D eigenvalue weighted by Crippen LogP contribution is 2.32. The first-order valence-corrected chi connectivity index (χ1v) is 7.20. The van der Waals surface area contributed by atoms with Crippen LogP contribution in [-0.2, 0) is 11.2 Å². The largest absolute Gasteiger partial charge is 0.480 e. The number of fused-ring (bicyclic) bond motifs is 1. The number of para-hydroxylation sites is 1. The number of rotatable bonds is 5. The van der Waals surface area contributed by atoms with Crippen LogP contribution in [0.3, 0.4) is 0 Å². The van der Waals surface area contributed by atoms with Crippen LogP contribution in [0.1, 0.15) is 24.8 Å². The quantitative estimate of drug-likeness (QED) is 0.368. The summed E-state index contributed by atoms with van der Waals surface area (Å²) in [4.78, 5) is 14.5. The number of carbonyl (C=O) groups is 1. The van der Waals surface area contributed by atoms with Gasteiger partial charge in [-0.05, 0) is 24.5 Å². The summed E-state index contributed by atoms with van der Waals surface area (Å²) in [6, 6.07) is 8.01. The number of oxime groups is 1. The summed E-state index contributed by atoms with van der Waals surface area (Å²) in [6.07, 6.45) is 2.57. The number of benzene rings is 1. The molecule has 1 unspecified atom stereocenters. The van der Waals surface area contributed by atoms with Crippen molar-refractivity contribution in [1.29, 1.82) is 0 Å². The molecule has 1 aliphatic heterocycles. The Labute approximate surface area is 123 Å². The molecule has 3 rings (SSSR count). The van der Waals surface area contributed by atoms with Crippen LogP contribution < -0.4 is 10.5 Å². The SMILES string of the molecule is NC(CCN(C(=O)C1Cc2ccccc2O1)C1CC1)=NO. The third-order valence-corrected chi connectivity index (χ3v) is 3.93. The zero-order chi connectivity index (χ0) is 14.8. The van der Waals surface area contributed by atoms with E-state index in [1.165, 1.54) is 0 Å². The van der Waals surface area contributed by atoms with Gasteiger partial charge in [0.2, 0.25) is 0 Å². The lowest BCUT2D eigenvalue weighted by atomic mass is 10.1. The van der Waals surface area contributed by atoms with Gasteiger partial charge in [-0.15, -0.1) is 0 Å². The number of amidine groups is 1. The summed E-state index contributed by atoms with van der Waals surface area (Å²) in [5, 5.41) is 11.6. The highest BCUT2D eigenvalue weighted by atomic mass is 16.5. The van der Waals surface area contributed by atoms with Crippen LogP contribution in [0.4, 0.5) is 0 Å². The van der Waals surface area contributed by atoms with Gasteiger partial charge in [0, 0.05) is 25.4 Å².